The molecule has 0 radical (unpaired) electrons. The zero-order valence-electron chi connectivity index (χ0n) is 8.15. The smallest absolute Gasteiger partial charge is 0.308 e. The van der Waals surface area contributed by atoms with E-state index in [1.165, 1.54) is 0 Å². The standard InChI is InChI=1S/C5H10F3O5P2/c1-11-14(9)4(5(6,7)8)15(10,12-2)13-3/h4H,1-3H3/q+1. The number of rotatable bonds is 5. The minimum absolute atomic E-state index is 0.780. The van der Waals surface area contributed by atoms with E-state index in [0.29, 0.717) is 0 Å². The summed E-state index contributed by atoms with van der Waals surface area (Å²) < 4.78 is 72.1. The topological polar surface area (TPSA) is 61.8 Å². The predicted octanol–water partition coefficient (Wildman–Crippen LogP) is 2.75. The largest absolute Gasteiger partial charge is 0.534 e. The van der Waals surface area contributed by atoms with Crippen molar-refractivity contribution < 1.29 is 35.9 Å². The highest BCUT2D eigenvalue weighted by molar-refractivity contribution is 7.67. The van der Waals surface area contributed by atoms with Crippen molar-refractivity contribution in [2.24, 2.45) is 0 Å². The Hall–Kier alpha value is -0.0000000000000000416. The van der Waals surface area contributed by atoms with Crippen LogP contribution in [0, 0.1) is 0 Å². The minimum Gasteiger partial charge on any atom is -0.308 e. The lowest BCUT2D eigenvalue weighted by molar-refractivity contribution is -0.120. The first-order valence-corrected chi connectivity index (χ1v) is 6.37. The van der Waals surface area contributed by atoms with Crippen LogP contribution in [-0.4, -0.2) is 32.9 Å². The monoisotopic (exact) mass is 269 g/mol. The second-order valence-electron chi connectivity index (χ2n) is 2.29. The third-order valence-electron chi connectivity index (χ3n) is 1.48. The Morgan fingerprint density at radius 1 is 1.20 bits per heavy atom. The van der Waals surface area contributed by atoms with Crippen LogP contribution in [-0.2, 0) is 22.7 Å². The molecule has 5 nitrogen and oxygen atoms in total. The van der Waals surface area contributed by atoms with Gasteiger partial charge in [0.2, 0.25) is 0 Å². The lowest BCUT2D eigenvalue weighted by Crippen LogP contribution is -2.27. The summed E-state index contributed by atoms with van der Waals surface area (Å²) in [4.78, 5) is 0. The maximum Gasteiger partial charge on any atom is 0.534 e. The molecule has 90 valence electrons. The minimum atomic E-state index is -5.00. The summed E-state index contributed by atoms with van der Waals surface area (Å²) in [6.45, 7) is 0. The van der Waals surface area contributed by atoms with Crippen LogP contribution < -0.4 is 0 Å². The van der Waals surface area contributed by atoms with Crippen LogP contribution in [0.2, 0.25) is 0 Å². The Kier molecular flexibility index (Phi) is 5.37. The molecule has 0 bridgehead atoms. The Balaban J connectivity index is 5.29. The fourth-order valence-corrected chi connectivity index (χ4v) is 3.91. The van der Waals surface area contributed by atoms with E-state index in [1.807, 2.05) is 0 Å². The van der Waals surface area contributed by atoms with Crippen LogP contribution >= 0.6 is 15.6 Å². The number of halogens is 3. The summed E-state index contributed by atoms with van der Waals surface area (Å²) in [6, 6.07) is 0. The Morgan fingerprint density at radius 3 is 1.80 bits per heavy atom. The molecule has 0 saturated carbocycles. The van der Waals surface area contributed by atoms with Gasteiger partial charge in [-0.05, 0) is 4.57 Å². The van der Waals surface area contributed by atoms with Gasteiger partial charge in [0.25, 0.3) is 0 Å². The molecule has 0 heterocycles. The van der Waals surface area contributed by atoms with Crippen molar-refractivity contribution >= 4 is 15.6 Å². The van der Waals surface area contributed by atoms with Crippen LogP contribution in [0.5, 0.6) is 0 Å². The fraction of sp³-hybridized carbons (Fsp3) is 1.00. The van der Waals surface area contributed by atoms with Crippen molar-refractivity contribution in [3.8, 4) is 0 Å². The number of hydrogen-bond donors (Lipinski definition) is 0. The lowest BCUT2D eigenvalue weighted by atomic mass is 10.8. The van der Waals surface area contributed by atoms with Crippen molar-refractivity contribution in [3.05, 3.63) is 0 Å². The highest BCUT2D eigenvalue weighted by atomic mass is 31.2. The maximum atomic E-state index is 12.4. The van der Waals surface area contributed by atoms with E-state index in [1.54, 1.807) is 0 Å². The zero-order valence-corrected chi connectivity index (χ0v) is 9.94. The van der Waals surface area contributed by atoms with Gasteiger partial charge in [0.15, 0.2) is 0 Å². The van der Waals surface area contributed by atoms with Gasteiger partial charge in [-0.25, -0.2) is 0 Å². The molecule has 0 amide bonds. The molecule has 2 unspecified atom stereocenters. The molecule has 0 rings (SSSR count). The Morgan fingerprint density at radius 2 is 1.60 bits per heavy atom. The predicted molar refractivity (Wildman–Crippen MR) is 46.1 cm³/mol. The van der Waals surface area contributed by atoms with Crippen LogP contribution in [0.1, 0.15) is 0 Å². The molecule has 0 spiro atoms. The highest BCUT2D eigenvalue weighted by Crippen LogP contribution is 2.65. The maximum absolute atomic E-state index is 12.4. The molecule has 0 N–H and O–H groups in total. The first kappa shape index (κ1) is 15.0. The molecule has 0 aromatic rings. The molecule has 15 heavy (non-hydrogen) atoms. The van der Waals surface area contributed by atoms with E-state index in [0.717, 1.165) is 21.3 Å². The normalized spacial score (nSPS) is 16.3. The molecule has 2 atom stereocenters. The van der Waals surface area contributed by atoms with Crippen molar-refractivity contribution in [2.75, 3.05) is 21.3 Å². The summed E-state index contributed by atoms with van der Waals surface area (Å²) in [6.07, 6.45) is -5.00. The van der Waals surface area contributed by atoms with Crippen molar-refractivity contribution in [1.82, 2.24) is 0 Å². The van der Waals surface area contributed by atoms with E-state index in [9.17, 15) is 22.3 Å². The molecule has 0 aromatic carbocycles. The molecule has 0 aliphatic heterocycles. The van der Waals surface area contributed by atoms with E-state index < -0.39 is 27.2 Å². The van der Waals surface area contributed by atoms with Crippen molar-refractivity contribution in [3.63, 3.8) is 0 Å². The van der Waals surface area contributed by atoms with Gasteiger partial charge in [0, 0.05) is 14.2 Å². The summed E-state index contributed by atoms with van der Waals surface area (Å²) >= 11 is 0. The molecular weight excluding hydrogens is 259 g/mol. The SMILES string of the molecule is CO[P+](=O)C(C(F)(F)F)P(=O)(OC)OC. The Labute approximate surface area is 85.3 Å². The van der Waals surface area contributed by atoms with Gasteiger partial charge in [-0.3, -0.25) is 4.57 Å². The van der Waals surface area contributed by atoms with Gasteiger partial charge in [-0.2, -0.15) is 13.2 Å². The van der Waals surface area contributed by atoms with E-state index in [2.05, 4.69) is 13.6 Å². The second-order valence-corrected chi connectivity index (χ2v) is 6.47. The molecule has 0 aromatic heterocycles. The average Bonchev–Trinajstić information content (AvgIpc) is 2.15. The second kappa shape index (κ2) is 5.37. The van der Waals surface area contributed by atoms with E-state index in [-0.39, 0.29) is 0 Å². The third kappa shape index (κ3) is 3.50. The van der Waals surface area contributed by atoms with Gasteiger partial charge < -0.3 is 9.05 Å². The van der Waals surface area contributed by atoms with Crippen LogP contribution in [0.4, 0.5) is 13.2 Å². The summed E-state index contributed by atoms with van der Waals surface area (Å²) in [5, 5.41) is -2.78. The van der Waals surface area contributed by atoms with Gasteiger partial charge in [-0.1, -0.05) is 0 Å². The first-order valence-electron chi connectivity index (χ1n) is 3.51. The highest BCUT2D eigenvalue weighted by Gasteiger charge is 2.67. The van der Waals surface area contributed by atoms with E-state index in [4.69, 9.17) is 0 Å². The van der Waals surface area contributed by atoms with Gasteiger partial charge in [0.1, 0.15) is 0 Å². The summed E-state index contributed by atoms with van der Waals surface area (Å²) in [5.41, 5.74) is 0. The first-order chi connectivity index (χ1) is 6.72. The van der Waals surface area contributed by atoms with Gasteiger partial charge >= 0.3 is 27.2 Å². The zero-order chi connectivity index (χ0) is 12.3. The molecule has 0 saturated heterocycles. The van der Waals surface area contributed by atoms with Crippen LogP contribution in [0.15, 0.2) is 0 Å². The van der Waals surface area contributed by atoms with Crippen molar-refractivity contribution in [1.29, 1.82) is 0 Å². The molecule has 0 aliphatic rings. The third-order valence-corrected chi connectivity index (χ3v) is 5.86. The molecule has 0 aliphatic carbocycles. The molecule has 10 heteroatoms. The van der Waals surface area contributed by atoms with Gasteiger partial charge in [0.05, 0.1) is 7.11 Å². The molecule has 0 fully saturated rings. The average molecular weight is 269 g/mol. The summed E-state index contributed by atoms with van der Waals surface area (Å²) in [7, 11) is -5.36. The van der Waals surface area contributed by atoms with Crippen LogP contribution in [0.3, 0.4) is 0 Å². The van der Waals surface area contributed by atoms with Gasteiger partial charge in [-0.15, -0.1) is 4.52 Å². The quantitative estimate of drug-likeness (QED) is 0.718. The number of hydrogen-bond acceptors (Lipinski definition) is 5. The Bertz CT molecular complexity index is 270. The number of alkyl halides is 3. The molecular formula is C5H10F3O5P2+. The fourth-order valence-electron chi connectivity index (χ4n) is 0.788. The van der Waals surface area contributed by atoms with E-state index >= 15 is 0 Å². The lowest BCUT2D eigenvalue weighted by Gasteiger charge is -2.17. The summed E-state index contributed by atoms with van der Waals surface area (Å²) in [5.74, 6) is 0. The van der Waals surface area contributed by atoms with Crippen molar-refractivity contribution in [2.45, 2.75) is 11.6 Å². The van der Waals surface area contributed by atoms with Crippen LogP contribution in [0.25, 0.3) is 0 Å².